The molecule has 1 aromatic heterocycles. The number of halogens is 1. The van der Waals surface area contributed by atoms with Gasteiger partial charge in [0.1, 0.15) is 11.6 Å². The third-order valence-corrected chi connectivity index (χ3v) is 6.74. The zero-order valence-electron chi connectivity index (χ0n) is 18.8. The number of thioether (sulfide) groups is 1. The number of hydrogen-bond acceptors (Lipinski definition) is 5. The Balaban J connectivity index is 1.35. The molecule has 3 aromatic rings. The molecule has 2 heterocycles. The van der Waals surface area contributed by atoms with E-state index >= 15 is 0 Å². The van der Waals surface area contributed by atoms with Crippen LogP contribution in [0.1, 0.15) is 36.2 Å². The first kappa shape index (κ1) is 23.4. The van der Waals surface area contributed by atoms with E-state index in [1.807, 2.05) is 18.2 Å². The lowest BCUT2D eigenvalue weighted by Crippen LogP contribution is -2.30. The largest absolute Gasteiger partial charge is 0.355 e. The molecule has 174 valence electrons. The van der Waals surface area contributed by atoms with Crippen molar-refractivity contribution in [1.29, 1.82) is 0 Å². The van der Waals surface area contributed by atoms with E-state index in [-0.39, 0.29) is 17.5 Å². The highest BCUT2D eigenvalue weighted by Gasteiger charge is 2.18. The number of rotatable bonds is 10. The number of piperidine rings is 1. The van der Waals surface area contributed by atoms with Gasteiger partial charge in [0.15, 0.2) is 5.16 Å². The van der Waals surface area contributed by atoms with E-state index in [2.05, 4.69) is 37.1 Å². The maximum absolute atomic E-state index is 13.0. The van der Waals surface area contributed by atoms with Gasteiger partial charge in [-0.3, -0.25) is 9.69 Å². The molecule has 1 amide bonds. The molecule has 6 nitrogen and oxygen atoms in total. The van der Waals surface area contributed by atoms with Crippen molar-refractivity contribution in [2.75, 3.05) is 25.4 Å². The van der Waals surface area contributed by atoms with Crippen LogP contribution in [0.4, 0.5) is 4.39 Å². The summed E-state index contributed by atoms with van der Waals surface area (Å²) in [5.74, 6) is 0.924. The molecule has 0 aliphatic carbocycles. The maximum Gasteiger partial charge on any atom is 0.230 e. The molecule has 1 aliphatic rings. The van der Waals surface area contributed by atoms with Gasteiger partial charge >= 0.3 is 0 Å². The number of carbonyl (C=O) groups is 1. The second-order valence-corrected chi connectivity index (χ2v) is 9.26. The van der Waals surface area contributed by atoms with Gasteiger partial charge in [-0.15, -0.1) is 10.2 Å². The van der Waals surface area contributed by atoms with Gasteiger partial charge in [0.2, 0.25) is 5.91 Å². The van der Waals surface area contributed by atoms with Crippen molar-refractivity contribution in [3.05, 3.63) is 77.4 Å². The fourth-order valence-corrected chi connectivity index (χ4v) is 4.75. The number of hydrogen-bond donors (Lipinski definition) is 1. The second-order valence-electron chi connectivity index (χ2n) is 8.32. The number of nitrogens with one attached hydrogen (secondary N) is 1. The standard InChI is InChI=1S/C25H30FN5OS/c26-22-11-9-20(10-12-22)13-14-27-24(32)19-33-25-29-28-23(18-30-15-5-2-6-16-30)31(25)17-21-7-3-1-4-8-21/h1,3-4,7-12H,2,5-6,13-19H2,(H,27,32). The SMILES string of the molecule is O=C(CSc1nnc(CN2CCCCC2)n1Cc1ccccc1)NCCc1ccc(F)cc1. The summed E-state index contributed by atoms with van der Waals surface area (Å²) in [6.45, 7) is 4.17. The third kappa shape index (κ3) is 7.14. The Morgan fingerprint density at radius 3 is 2.45 bits per heavy atom. The molecule has 0 atom stereocenters. The summed E-state index contributed by atoms with van der Waals surface area (Å²) in [5.41, 5.74) is 2.18. The molecule has 1 fully saturated rings. The zero-order valence-corrected chi connectivity index (χ0v) is 19.6. The Morgan fingerprint density at radius 1 is 0.939 bits per heavy atom. The van der Waals surface area contributed by atoms with Crippen molar-refractivity contribution in [3.63, 3.8) is 0 Å². The molecule has 4 rings (SSSR count). The number of carbonyl (C=O) groups excluding carboxylic acids is 1. The van der Waals surface area contributed by atoms with Crippen LogP contribution in [0.5, 0.6) is 0 Å². The van der Waals surface area contributed by atoms with E-state index in [4.69, 9.17) is 0 Å². The minimum atomic E-state index is -0.251. The molecule has 8 heteroatoms. The molecule has 1 aliphatic heterocycles. The molecule has 1 saturated heterocycles. The van der Waals surface area contributed by atoms with Gasteiger partial charge in [0.05, 0.1) is 18.8 Å². The molecular weight excluding hydrogens is 437 g/mol. The first-order valence-corrected chi connectivity index (χ1v) is 12.5. The quantitative estimate of drug-likeness (QED) is 0.458. The summed E-state index contributed by atoms with van der Waals surface area (Å²) < 4.78 is 15.2. The van der Waals surface area contributed by atoms with Crippen LogP contribution in [0, 0.1) is 5.82 Å². The van der Waals surface area contributed by atoms with Crippen LogP contribution in [0.3, 0.4) is 0 Å². The minimum Gasteiger partial charge on any atom is -0.355 e. The summed E-state index contributed by atoms with van der Waals surface area (Å²) in [6.07, 6.45) is 4.42. The number of likely N-dealkylation sites (tertiary alicyclic amines) is 1. The van der Waals surface area contributed by atoms with Crippen molar-refractivity contribution < 1.29 is 9.18 Å². The molecule has 0 radical (unpaired) electrons. The van der Waals surface area contributed by atoms with Crippen LogP contribution < -0.4 is 5.32 Å². The van der Waals surface area contributed by atoms with E-state index in [9.17, 15) is 9.18 Å². The van der Waals surface area contributed by atoms with Crippen LogP contribution in [0.25, 0.3) is 0 Å². The number of amides is 1. The van der Waals surface area contributed by atoms with Crippen molar-refractivity contribution in [1.82, 2.24) is 25.0 Å². The summed E-state index contributed by atoms with van der Waals surface area (Å²) in [5, 5.41) is 12.6. The molecule has 0 saturated carbocycles. The van der Waals surface area contributed by atoms with Gasteiger partial charge in [0, 0.05) is 6.54 Å². The lowest BCUT2D eigenvalue weighted by Gasteiger charge is -2.26. The van der Waals surface area contributed by atoms with E-state index in [1.165, 1.54) is 48.7 Å². The summed E-state index contributed by atoms with van der Waals surface area (Å²) >= 11 is 1.41. The Labute approximate surface area is 198 Å². The third-order valence-electron chi connectivity index (χ3n) is 5.77. The van der Waals surface area contributed by atoms with Crippen LogP contribution in [0.2, 0.25) is 0 Å². The van der Waals surface area contributed by atoms with Gasteiger partial charge in [-0.25, -0.2) is 4.39 Å². The Morgan fingerprint density at radius 2 is 1.70 bits per heavy atom. The Kier molecular flexibility index (Phi) is 8.49. The monoisotopic (exact) mass is 467 g/mol. The highest BCUT2D eigenvalue weighted by Crippen LogP contribution is 2.21. The topological polar surface area (TPSA) is 63.1 Å². The lowest BCUT2D eigenvalue weighted by molar-refractivity contribution is -0.118. The summed E-state index contributed by atoms with van der Waals surface area (Å²) in [6, 6.07) is 16.6. The number of benzene rings is 2. The normalized spacial score (nSPS) is 14.3. The fourth-order valence-electron chi connectivity index (χ4n) is 3.96. The van der Waals surface area contributed by atoms with Crippen molar-refractivity contribution in [2.45, 2.75) is 43.9 Å². The van der Waals surface area contributed by atoms with Gasteiger partial charge in [-0.1, -0.05) is 60.6 Å². The molecule has 33 heavy (non-hydrogen) atoms. The van der Waals surface area contributed by atoms with Gasteiger partial charge < -0.3 is 9.88 Å². The first-order valence-electron chi connectivity index (χ1n) is 11.5. The minimum absolute atomic E-state index is 0.0473. The smallest absolute Gasteiger partial charge is 0.230 e. The first-order chi connectivity index (χ1) is 16.2. The predicted molar refractivity (Wildman–Crippen MR) is 129 cm³/mol. The van der Waals surface area contributed by atoms with Crippen molar-refractivity contribution in [2.24, 2.45) is 0 Å². The summed E-state index contributed by atoms with van der Waals surface area (Å²) in [4.78, 5) is 14.8. The second kappa shape index (κ2) is 12.0. The molecule has 0 bridgehead atoms. The van der Waals surface area contributed by atoms with Gasteiger partial charge in [-0.2, -0.15) is 0 Å². The number of nitrogens with zero attached hydrogens (tertiary/aromatic N) is 4. The number of aromatic nitrogens is 3. The Bertz CT molecular complexity index is 1020. The highest BCUT2D eigenvalue weighted by atomic mass is 32.2. The van der Waals surface area contributed by atoms with Crippen LogP contribution in [-0.2, 0) is 24.3 Å². The highest BCUT2D eigenvalue weighted by molar-refractivity contribution is 7.99. The maximum atomic E-state index is 13.0. The van der Waals surface area contributed by atoms with Crippen LogP contribution >= 0.6 is 11.8 Å². The predicted octanol–water partition coefficient (Wildman–Crippen LogP) is 3.90. The van der Waals surface area contributed by atoms with Crippen LogP contribution in [-0.4, -0.2) is 51.0 Å². The fraction of sp³-hybridized carbons (Fsp3) is 0.400. The molecule has 1 N–H and O–H groups in total. The average Bonchev–Trinajstić information content (AvgIpc) is 3.21. The zero-order chi connectivity index (χ0) is 22.9. The Hall–Kier alpha value is -2.71. The molecule has 0 unspecified atom stereocenters. The lowest BCUT2D eigenvalue weighted by atomic mass is 10.1. The average molecular weight is 468 g/mol. The van der Waals surface area contributed by atoms with E-state index in [1.54, 1.807) is 12.1 Å². The van der Waals surface area contributed by atoms with E-state index in [0.29, 0.717) is 19.5 Å². The molecule has 2 aromatic carbocycles. The van der Waals surface area contributed by atoms with E-state index in [0.717, 1.165) is 36.2 Å². The van der Waals surface area contributed by atoms with Gasteiger partial charge in [-0.05, 0) is 55.6 Å². The van der Waals surface area contributed by atoms with Crippen molar-refractivity contribution in [3.8, 4) is 0 Å². The molecular formula is C25H30FN5OS. The van der Waals surface area contributed by atoms with Crippen molar-refractivity contribution >= 4 is 17.7 Å². The molecule has 0 spiro atoms. The van der Waals surface area contributed by atoms with Gasteiger partial charge in [0.25, 0.3) is 0 Å². The van der Waals surface area contributed by atoms with Crippen LogP contribution in [0.15, 0.2) is 59.8 Å². The summed E-state index contributed by atoms with van der Waals surface area (Å²) in [7, 11) is 0. The van der Waals surface area contributed by atoms with E-state index < -0.39 is 0 Å².